The van der Waals surface area contributed by atoms with E-state index in [9.17, 15) is 5.11 Å². The van der Waals surface area contributed by atoms with Crippen molar-refractivity contribution < 1.29 is 9.84 Å². The van der Waals surface area contributed by atoms with Crippen LogP contribution >= 0.6 is 0 Å². The van der Waals surface area contributed by atoms with Gasteiger partial charge in [-0.25, -0.2) is 0 Å². The van der Waals surface area contributed by atoms with Crippen molar-refractivity contribution in [1.82, 2.24) is 15.5 Å². The molecule has 2 aromatic carbocycles. The Kier molecular flexibility index (Phi) is 8.87. The highest BCUT2D eigenvalue weighted by atomic mass is 16.5. The number of nitrogens with zero attached hydrogens (tertiary/aromatic N) is 1. The lowest BCUT2D eigenvalue weighted by Crippen LogP contribution is -2.38. The van der Waals surface area contributed by atoms with Crippen LogP contribution in [0.2, 0.25) is 0 Å². The summed E-state index contributed by atoms with van der Waals surface area (Å²) in [4.78, 5) is 0. The molecule has 1 aromatic heterocycles. The van der Waals surface area contributed by atoms with E-state index in [1.165, 1.54) is 5.56 Å². The highest BCUT2D eigenvalue weighted by molar-refractivity contribution is 5.76. The molecule has 0 aliphatic heterocycles. The SMILES string of the molecule is Cc1cccc(/C=C/C(C)C)c1-c1cc(OC[C@@H](CC(C)C)NC(O)c2ccccc2)n[nH]1. The molecule has 0 spiro atoms. The summed E-state index contributed by atoms with van der Waals surface area (Å²) < 4.78 is 6.05. The lowest BCUT2D eigenvalue weighted by molar-refractivity contribution is 0.101. The number of aromatic amines is 1. The maximum atomic E-state index is 10.6. The molecule has 2 atom stereocenters. The molecule has 0 radical (unpaired) electrons. The van der Waals surface area contributed by atoms with E-state index < -0.39 is 6.23 Å². The van der Waals surface area contributed by atoms with E-state index in [-0.39, 0.29) is 6.04 Å². The normalized spacial score (nSPS) is 13.7. The van der Waals surface area contributed by atoms with Gasteiger partial charge in [0, 0.05) is 17.7 Å². The molecule has 0 saturated heterocycles. The highest BCUT2D eigenvalue weighted by Crippen LogP contribution is 2.29. The third-order valence-corrected chi connectivity index (χ3v) is 5.49. The van der Waals surface area contributed by atoms with Crippen LogP contribution in [0.4, 0.5) is 0 Å². The van der Waals surface area contributed by atoms with E-state index in [4.69, 9.17) is 4.74 Å². The van der Waals surface area contributed by atoms with E-state index in [0.717, 1.165) is 28.8 Å². The summed E-state index contributed by atoms with van der Waals surface area (Å²) in [5, 5.41) is 21.5. The smallest absolute Gasteiger partial charge is 0.233 e. The number of aliphatic hydroxyl groups excluding tert-OH is 1. The predicted molar refractivity (Wildman–Crippen MR) is 136 cm³/mol. The van der Waals surface area contributed by atoms with Gasteiger partial charge in [0.1, 0.15) is 12.8 Å². The number of hydrogen-bond acceptors (Lipinski definition) is 4. The first kappa shape index (κ1) is 24.7. The zero-order valence-electron chi connectivity index (χ0n) is 20.4. The number of hydrogen-bond donors (Lipinski definition) is 3. The number of ether oxygens (including phenoxy) is 1. The van der Waals surface area contributed by atoms with Gasteiger partial charge in [-0.15, -0.1) is 5.10 Å². The van der Waals surface area contributed by atoms with Crippen LogP contribution in [0.5, 0.6) is 5.88 Å². The monoisotopic (exact) mass is 447 g/mol. The van der Waals surface area contributed by atoms with Gasteiger partial charge in [0.2, 0.25) is 5.88 Å². The molecule has 5 heteroatoms. The molecule has 5 nitrogen and oxygen atoms in total. The minimum atomic E-state index is -0.740. The topological polar surface area (TPSA) is 70.2 Å². The number of aliphatic hydroxyl groups is 1. The van der Waals surface area contributed by atoms with Crippen molar-refractivity contribution in [3.05, 3.63) is 77.4 Å². The molecular formula is C28H37N3O2. The van der Waals surface area contributed by atoms with Crippen molar-refractivity contribution in [2.45, 2.75) is 53.3 Å². The van der Waals surface area contributed by atoms with Crippen LogP contribution < -0.4 is 10.1 Å². The first-order valence-electron chi connectivity index (χ1n) is 11.8. The second-order valence-electron chi connectivity index (χ2n) is 9.38. The largest absolute Gasteiger partial charge is 0.475 e. The number of aromatic nitrogens is 2. The lowest BCUT2D eigenvalue weighted by Gasteiger charge is -2.24. The Labute approximate surface area is 197 Å². The van der Waals surface area contributed by atoms with Crippen LogP contribution in [0.3, 0.4) is 0 Å². The van der Waals surface area contributed by atoms with Gasteiger partial charge >= 0.3 is 0 Å². The molecule has 0 aliphatic rings. The molecule has 0 saturated carbocycles. The number of benzene rings is 2. The van der Waals surface area contributed by atoms with Crippen LogP contribution in [0.25, 0.3) is 17.3 Å². The second kappa shape index (κ2) is 11.8. The minimum Gasteiger partial charge on any atom is -0.475 e. The van der Waals surface area contributed by atoms with E-state index in [1.807, 2.05) is 36.4 Å². The third-order valence-electron chi connectivity index (χ3n) is 5.49. The van der Waals surface area contributed by atoms with Crippen LogP contribution in [0.1, 0.15) is 57.0 Å². The number of aryl methyl sites for hydroxylation is 1. The summed E-state index contributed by atoms with van der Waals surface area (Å²) >= 11 is 0. The third kappa shape index (κ3) is 7.31. The number of nitrogens with one attached hydrogen (secondary N) is 2. The maximum absolute atomic E-state index is 10.6. The Bertz CT molecular complexity index is 1020. The van der Waals surface area contributed by atoms with Crippen molar-refractivity contribution in [1.29, 1.82) is 0 Å². The molecule has 33 heavy (non-hydrogen) atoms. The van der Waals surface area contributed by atoms with Gasteiger partial charge in [-0.05, 0) is 41.9 Å². The van der Waals surface area contributed by atoms with E-state index in [0.29, 0.717) is 24.3 Å². The van der Waals surface area contributed by atoms with Crippen molar-refractivity contribution in [2.75, 3.05) is 6.61 Å². The zero-order chi connectivity index (χ0) is 23.8. The summed E-state index contributed by atoms with van der Waals surface area (Å²) in [6.07, 6.45) is 4.51. The standard InChI is InChI=1S/C28H37N3O2/c1-19(2)14-15-22-13-9-10-21(5)27(22)25-17-26(31-30-25)33-18-24(16-20(3)4)29-28(32)23-11-7-6-8-12-23/h6-15,17,19-20,24,28-29,32H,16,18H2,1-5H3,(H,30,31)/b15-14+/t24-,28?/m1/s1. The Morgan fingerprint density at radius 3 is 2.52 bits per heavy atom. The van der Waals surface area contributed by atoms with Crippen LogP contribution in [0.15, 0.2) is 60.7 Å². The summed E-state index contributed by atoms with van der Waals surface area (Å²) in [6.45, 7) is 11.2. The van der Waals surface area contributed by atoms with Gasteiger partial charge in [-0.3, -0.25) is 10.4 Å². The van der Waals surface area contributed by atoms with Gasteiger partial charge < -0.3 is 9.84 Å². The maximum Gasteiger partial charge on any atom is 0.233 e. The summed E-state index contributed by atoms with van der Waals surface area (Å²) in [7, 11) is 0. The minimum absolute atomic E-state index is 0.0108. The van der Waals surface area contributed by atoms with Crippen molar-refractivity contribution >= 4 is 6.08 Å². The van der Waals surface area contributed by atoms with Gasteiger partial charge in [0.05, 0.1) is 5.69 Å². The van der Waals surface area contributed by atoms with Gasteiger partial charge in [0.25, 0.3) is 0 Å². The molecule has 176 valence electrons. The molecule has 3 aromatic rings. The van der Waals surface area contributed by atoms with Gasteiger partial charge in [0.15, 0.2) is 0 Å². The first-order chi connectivity index (χ1) is 15.8. The van der Waals surface area contributed by atoms with E-state index in [1.54, 1.807) is 0 Å². The Morgan fingerprint density at radius 1 is 1.06 bits per heavy atom. The fourth-order valence-electron chi connectivity index (χ4n) is 3.89. The van der Waals surface area contributed by atoms with Crippen molar-refractivity contribution in [2.24, 2.45) is 11.8 Å². The van der Waals surface area contributed by atoms with Crippen molar-refractivity contribution in [3.63, 3.8) is 0 Å². The molecule has 0 fully saturated rings. The average molecular weight is 448 g/mol. The Balaban J connectivity index is 1.71. The highest BCUT2D eigenvalue weighted by Gasteiger charge is 2.18. The molecule has 1 heterocycles. The molecule has 0 aliphatic carbocycles. The Morgan fingerprint density at radius 2 is 1.82 bits per heavy atom. The number of rotatable bonds is 11. The second-order valence-corrected chi connectivity index (χ2v) is 9.38. The quantitative estimate of drug-likeness (QED) is 0.309. The van der Waals surface area contributed by atoms with E-state index in [2.05, 4.69) is 80.5 Å². The van der Waals surface area contributed by atoms with Crippen LogP contribution in [-0.2, 0) is 0 Å². The van der Waals surface area contributed by atoms with Crippen LogP contribution in [0, 0.1) is 18.8 Å². The summed E-state index contributed by atoms with van der Waals surface area (Å²) in [6, 6.07) is 17.9. The average Bonchev–Trinajstić information content (AvgIpc) is 3.24. The van der Waals surface area contributed by atoms with Gasteiger partial charge in [-0.2, -0.15) is 0 Å². The fraction of sp³-hybridized carbons (Fsp3) is 0.393. The lowest BCUT2D eigenvalue weighted by atomic mass is 9.98. The molecule has 3 N–H and O–H groups in total. The predicted octanol–water partition coefficient (Wildman–Crippen LogP) is 6.13. The molecular weight excluding hydrogens is 410 g/mol. The molecule has 1 unspecified atom stereocenters. The van der Waals surface area contributed by atoms with E-state index >= 15 is 0 Å². The number of H-pyrrole nitrogens is 1. The molecule has 3 rings (SSSR count). The summed E-state index contributed by atoms with van der Waals surface area (Å²) in [5.41, 5.74) is 5.25. The number of allylic oxidation sites excluding steroid dienone is 1. The fourth-order valence-corrected chi connectivity index (χ4v) is 3.89. The summed E-state index contributed by atoms with van der Waals surface area (Å²) in [5.74, 6) is 1.50. The molecule has 0 bridgehead atoms. The van der Waals surface area contributed by atoms with Gasteiger partial charge in [-0.1, -0.05) is 88.4 Å². The first-order valence-corrected chi connectivity index (χ1v) is 11.8. The Hall–Kier alpha value is -2.89. The molecule has 0 amide bonds. The zero-order valence-corrected chi connectivity index (χ0v) is 20.4. The van der Waals surface area contributed by atoms with Crippen molar-refractivity contribution in [3.8, 4) is 17.1 Å². The van der Waals surface area contributed by atoms with Crippen LogP contribution in [-0.4, -0.2) is 28.0 Å².